The van der Waals surface area contributed by atoms with Crippen LogP contribution in [0.4, 0.5) is 0 Å². The third-order valence-corrected chi connectivity index (χ3v) is 4.66. The van der Waals surface area contributed by atoms with Crippen molar-refractivity contribution in [2.45, 2.75) is 31.2 Å². The van der Waals surface area contributed by atoms with Crippen LogP contribution in [0.15, 0.2) is 23.1 Å². The summed E-state index contributed by atoms with van der Waals surface area (Å²) in [6.45, 7) is 3.58. The fourth-order valence-corrected chi connectivity index (χ4v) is 3.38. The van der Waals surface area contributed by atoms with Gasteiger partial charge in [0.15, 0.2) is 0 Å². The van der Waals surface area contributed by atoms with Crippen molar-refractivity contribution >= 4 is 10.0 Å². The van der Waals surface area contributed by atoms with Gasteiger partial charge in [0, 0.05) is 13.1 Å². The van der Waals surface area contributed by atoms with E-state index in [4.69, 9.17) is 5.73 Å². The molecule has 1 rings (SSSR count). The van der Waals surface area contributed by atoms with E-state index in [9.17, 15) is 8.42 Å². The second kappa shape index (κ2) is 7.73. The van der Waals surface area contributed by atoms with Gasteiger partial charge in [0.25, 0.3) is 0 Å². The minimum absolute atomic E-state index is 0.340. The Kier molecular flexibility index (Phi) is 6.61. The van der Waals surface area contributed by atoms with Gasteiger partial charge in [-0.2, -0.15) is 0 Å². The number of sulfonamides is 1. The van der Waals surface area contributed by atoms with Crippen molar-refractivity contribution in [3.8, 4) is 0 Å². The third kappa shape index (κ3) is 4.86. The van der Waals surface area contributed by atoms with Crippen LogP contribution >= 0.6 is 0 Å². The summed E-state index contributed by atoms with van der Waals surface area (Å²) in [5.74, 6) is 0. The van der Waals surface area contributed by atoms with Crippen molar-refractivity contribution in [3.05, 3.63) is 29.3 Å². The zero-order chi connectivity index (χ0) is 15.2. The molecule has 0 amide bonds. The molecule has 0 unspecified atom stereocenters. The molecule has 0 saturated carbocycles. The molecule has 5 nitrogen and oxygen atoms in total. The summed E-state index contributed by atoms with van der Waals surface area (Å²) >= 11 is 0. The highest BCUT2D eigenvalue weighted by atomic mass is 32.2. The SMILES string of the molecule is CCc1ccc(CN)cc1S(=O)(=O)NCCCN(C)C. The highest BCUT2D eigenvalue weighted by molar-refractivity contribution is 7.89. The molecule has 0 saturated heterocycles. The summed E-state index contributed by atoms with van der Waals surface area (Å²) in [4.78, 5) is 2.38. The van der Waals surface area contributed by atoms with Crippen LogP contribution in [0.3, 0.4) is 0 Å². The van der Waals surface area contributed by atoms with E-state index in [1.165, 1.54) is 0 Å². The molecule has 1 aromatic carbocycles. The number of hydrogen-bond acceptors (Lipinski definition) is 4. The highest BCUT2D eigenvalue weighted by Gasteiger charge is 2.17. The average Bonchev–Trinajstić information content (AvgIpc) is 2.42. The third-order valence-electron chi connectivity index (χ3n) is 3.11. The first-order chi connectivity index (χ1) is 9.40. The van der Waals surface area contributed by atoms with Gasteiger partial charge in [-0.15, -0.1) is 0 Å². The summed E-state index contributed by atoms with van der Waals surface area (Å²) in [5, 5.41) is 0. The number of rotatable bonds is 8. The first kappa shape index (κ1) is 17.1. The van der Waals surface area contributed by atoms with Gasteiger partial charge in [-0.05, 0) is 50.7 Å². The minimum Gasteiger partial charge on any atom is -0.326 e. The lowest BCUT2D eigenvalue weighted by Gasteiger charge is -2.13. The van der Waals surface area contributed by atoms with Crippen LogP contribution in [0.25, 0.3) is 0 Å². The molecule has 114 valence electrons. The van der Waals surface area contributed by atoms with Crippen LogP contribution in [-0.2, 0) is 23.0 Å². The normalized spacial score (nSPS) is 12.1. The van der Waals surface area contributed by atoms with Crippen LogP contribution in [0.5, 0.6) is 0 Å². The van der Waals surface area contributed by atoms with Gasteiger partial charge in [-0.3, -0.25) is 0 Å². The number of nitrogens with two attached hydrogens (primary N) is 1. The van der Waals surface area contributed by atoms with Crippen molar-refractivity contribution in [2.24, 2.45) is 5.73 Å². The molecule has 0 fully saturated rings. The van der Waals surface area contributed by atoms with E-state index in [1.54, 1.807) is 6.07 Å². The Morgan fingerprint density at radius 3 is 2.55 bits per heavy atom. The van der Waals surface area contributed by atoms with E-state index < -0.39 is 10.0 Å². The molecule has 1 aromatic rings. The Labute approximate surface area is 122 Å². The number of aryl methyl sites for hydroxylation is 1. The van der Waals surface area contributed by atoms with Crippen LogP contribution < -0.4 is 10.5 Å². The molecule has 20 heavy (non-hydrogen) atoms. The Balaban J connectivity index is 2.85. The van der Waals surface area contributed by atoms with Crippen molar-refractivity contribution < 1.29 is 8.42 Å². The molecule has 0 aromatic heterocycles. The predicted octanol–water partition coefficient (Wildman–Crippen LogP) is 0.938. The second-order valence-corrected chi connectivity index (χ2v) is 6.79. The lowest BCUT2D eigenvalue weighted by molar-refractivity contribution is 0.400. The number of nitrogens with zero attached hydrogens (tertiary/aromatic N) is 1. The Morgan fingerprint density at radius 2 is 2.00 bits per heavy atom. The first-order valence-corrected chi connectivity index (χ1v) is 8.35. The van der Waals surface area contributed by atoms with Crippen LogP contribution in [0.2, 0.25) is 0 Å². The molecular weight excluding hydrogens is 274 g/mol. The highest BCUT2D eigenvalue weighted by Crippen LogP contribution is 2.18. The van der Waals surface area contributed by atoms with Crippen molar-refractivity contribution in [2.75, 3.05) is 27.2 Å². The second-order valence-electron chi connectivity index (χ2n) is 5.05. The van der Waals surface area contributed by atoms with Crippen LogP contribution in [-0.4, -0.2) is 40.5 Å². The monoisotopic (exact) mass is 299 g/mol. The van der Waals surface area contributed by atoms with Gasteiger partial charge in [0.2, 0.25) is 10.0 Å². The molecule has 0 atom stereocenters. The van der Waals surface area contributed by atoms with Gasteiger partial charge >= 0.3 is 0 Å². The number of hydrogen-bond donors (Lipinski definition) is 2. The molecule has 0 aliphatic rings. The summed E-state index contributed by atoms with van der Waals surface area (Å²) < 4.78 is 27.4. The topological polar surface area (TPSA) is 75.4 Å². The Bertz CT molecular complexity index is 527. The molecule has 6 heteroatoms. The van der Waals surface area contributed by atoms with E-state index in [1.807, 2.05) is 38.1 Å². The van der Waals surface area contributed by atoms with E-state index in [-0.39, 0.29) is 0 Å². The zero-order valence-electron chi connectivity index (χ0n) is 12.5. The molecule has 3 N–H and O–H groups in total. The minimum atomic E-state index is -3.46. The Morgan fingerprint density at radius 1 is 1.30 bits per heavy atom. The summed E-state index contributed by atoms with van der Waals surface area (Å²) in [6, 6.07) is 5.40. The lowest BCUT2D eigenvalue weighted by atomic mass is 10.1. The summed E-state index contributed by atoms with van der Waals surface area (Å²) in [6.07, 6.45) is 1.46. The van der Waals surface area contributed by atoms with Gasteiger partial charge < -0.3 is 10.6 Å². The molecule has 0 heterocycles. The molecule has 0 aliphatic carbocycles. The first-order valence-electron chi connectivity index (χ1n) is 6.87. The maximum atomic E-state index is 12.4. The fourth-order valence-electron chi connectivity index (χ4n) is 1.95. The Hall–Kier alpha value is -0.950. The molecular formula is C14H25N3O2S. The standard InChI is InChI=1S/C14H25N3O2S/c1-4-13-7-6-12(11-15)10-14(13)20(18,19)16-8-5-9-17(2)3/h6-7,10,16H,4-5,8-9,11,15H2,1-3H3. The van der Waals surface area contributed by atoms with E-state index in [2.05, 4.69) is 4.72 Å². The maximum absolute atomic E-state index is 12.4. The van der Waals surface area contributed by atoms with E-state index >= 15 is 0 Å². The van der Waals surface area contributed by atoms with Crippen LogP contribution in [0, 0.1) is 0 Å². The average molecular weight is 299 g/mol. The zero-order valence-corrected chi connectivity index (χ0v) is 13.3. The van der Waals surface area contributed by atoms with Crippen LogP contribution in [0.1, 0.15) is 24.5 Å². The van der Waals surface area contributed by atoms with Gasteiger partial charge in [0.05, 0.1) is 4.90 Å². The summed E-state index contributed by atoms with van der Waals surface area (Å²) in [5.41, 5.74) is 7.24. The van der Waals surface area contributed by atoms with Crippen molar-refractivity contribution in [1.29, 1.82) is 0 Å². The van der Waals surface area contributed by atoms with Crippen molar-refractivity contribution in [3.63, 3.8) is 0 Å². The predicted molar refractivity (Wildman–Crippen MR) is 82.1 cm³/mol. The van der Waals surface area contributed by atoms with Gasteiger partial charge in [0.1, 0.15) is 0 Å². The van der Waals surface area contributed by atoms with E-state index in [0.717, 1.165) is 24.1 Å². The number of benzene rings is 1. The van der Waals surface area contributed by atoms with Crippen molar-refractivity contribution in [1.82, 2.24) is 9.62 Å². The molecule has 0 bridgehead atoms. The summed E-state index contributed by atoms with van der Waals surface area (Å²) in [7, 11) is 0.476. The fraction of sp³-hybridized carbons (Fsp3) is 0.571. The smallest absolute Gasteiger partial charge is 0.240 e. The maximum Gasteiger partial charge on any atom is 0.240 e. The largest absolute Gasteiger partial charge is 0.326 e. The lowest BCUT2D eigenvalue weighted by Crippen LogP contribution is -2.28. The molecule has 0 radical (unpaired) electrons. The quantitative estimate of drug-likeness (QED) is 0.701. The molecule has 0 spiro atoms. The van der Waals surface area contributed by atoms with Gasteiger partial charge in [-0.25, -0.2) is 13.1 Å². The number of nitrogens with one attached hydrogen (secondary N) is 1. The van der Waals surface area contributed by atoms with Gasteiger partial charge in [-0.1, -0.05) is 19.1 Å². The molecule has 0 aliphatic heterocycles. The van der Waals surface area contributed by atoms with E-state index in [0.29, 0.717) is 24.4 Å².